The van der Waals surface area contributed by atoms with Gasteiger partial charge in [0.2, 0.25) is 11.7 Å². The Balaban J connectivity index is 1.55. The van der Waals surface area contributed by atoms with Gasteiger partial charge in [0.1, 0.15) is 24.2 Å². The molecule has 3 saturated heterocycles. The Morgan fingerprint density at radius 1 is 0.939 bits per heavy atom. The van der Waals surface area contributed by atoms with Crippen LogP contribution in [0.4, 0.5) is 0 Å². The molecule has 3 aliphatic heterocycles. The summed E-state index contributed by atoms with van der Waals surface area (Å²) in [6.45, 7) is 9.96. The van der Waals surface area contributed by atoms with Gasteiger partial charge in [-0.1, -0.05) is 124 Å². The molecule has 4 rings (SSSR count). The van der Waals surface area contributed by atoms with Gasteiger partial charge in [0.15, 0.2) is 12.4 Å². The molecule has 3 heterocycles. The highest BCUT2D eigenvalue weighted by Gasteiger charge is 2.63. The first-order chi connectivity index (χ1) is 31.3. The van der Waals surface area contributed by atoms with Crippen molar-refractivity contribution in [1.29, 1.82) is 0 Å². The van der Waals surface area contributed by atoms with E-state index < -0.39 is 103 Å². The largest absolute Gasteiger partial charge is 0.478 e. The molecule has 0 radical (unpaired) electrons. The zero-order valence-electron chi connectivity index (χ0n) is 38.8. The van der Waals surface area contributed by atoms with E-state index in [0.29, 0.717) is 12.0 Å². The Hall–Kier alpha value is -4.59. The van der Waals surface area contributed by atoms with E-state index in [1.165, 1.54) is 6.08 Å². The van der Waals surface area contributed by atoms with E-state index in [4.69, 9.17) is 33.5 Å². The van der Waals surface area contributed by atoms with Crippen LogP contribution in [0.1, 0.15) is 59.9 Å². The molecule has 16 nitrogen and oxygen atoms in total. The second-order valence-corrected chi connectivity index (χ2v) is 17.5. The fraction of sp³-hybridized carbons (Fsp3) is 0.540. The van der Waals surface area contributed by atoms with E-state index in [9.17, 15) is 39.9 Å². The number of allylic oxidation sites excluding steroid dienone is 9. The van der Waals surface area contributed by atoms with Crippen LogP contribution < -0.4 is 5.32 Å². The number of aliphatic hydroxyl groups is 5. The molecule has 364 valence electrons. The first-order valence-corrected chi connectivity index (χ1v) is 22.3. The lowest BCUT2D eigenvalue weighted by Gasteiger charge is -2.54. The lowest BCUT2D eigenvalue weighted by atomic mass is 9.71. The first kappa shape index (κ1) is 54.0. The second-order valence-electron chi connectivity index (χ2n) is 17.5. The van der Waals surface area contributed by atoms with Crippen LogP contribution >= 0.6 is 0 Å². The van der Waals surface area contributed by atoms with Gasteiger partial charge in [0.25, 0.3) is 0 Å². The number of ether oxygens (including phenoxy) is 6. The summed E-state index contributed by atoms with van der Waals surface area (Å²) in [5, 5.41) is 67.7. The van der Waals surface area contributed by atoms with Crippen LogP contribution in [0, 0.1) is 17.3 Å². The number of rotatable bonds is 21. The summed E-state index contributed by atoms with van der Waals surface area (Å²) in [4.78, 5) is 38.6. The Labute approximate surface area is 387 Å². The average Bonchev–Trinajstić information content (AvgIpc) is 3.64. The molecule has 0 aromatic heterocycles. The number of hydrogen-bond donors (Lipinski definition) is 7. The highest BCUT2D eigenvalue weighted by molar-refractivity contribution is 5.81. The average molecular weight is 924 g/mol. The number of methoxy groups -OCH3 is 1. The topological polar surface area (TPSA) is 240 Å². The van der Waals surface area contributed by atoms with Gasteiger partial charge in [-0.2, -0.15) is 0 Å². The SMILES string of the molecule is CC=CC=C[C@@H]1O[C@](O)([C@H](CO[C@H]2C[C@H](O)[C@H](O)[C@H](C)O2)C(=O)NCC=CC=C(C)[C@@H](OC)[C@@H](C)[C@H]2C[C@@H](O)[C@H](C=CC=CC=CC(=O)O)O2)[C@H](OC(=O)Cc2ccccc2)[C@H](O)C1(C)C. The quantitative estimate of drug-likeness (QED) is 0.0528. The predicted molar refractivity (Wildman–Crippen MR) is 244 cm³/mol. The number of carbonyl (C=O) groups is 3. The van der Waals surface area contributed by atoms with Crippen LogP contribution in [0.25, 0.3) is 0 Å². The normalized spacial score (nSPS) is 32.2. The molecule has 0 aliphatic carbocycles. The monoisotopic (exact) mass is 923 g/mol. The number of nitrogens with one attached hydrogen (secondary N) is 1. The lowest BCUT2D eigenvalue weighted by Crippen LogP contribution is -2.71. The molecule has 0 spiro atoms. The van der Waals surface area contributed by atoms with Gasteiger partial charge >= 0.3 is 11.9 Å². The molecular weight excluding hydrogens is 855 g/mol. The Morgan fingerprint density at radius 2 is 1.64 bits per heavy atom. The Morgan fingerprint density at radius 3 is 2.30 bits per heavy atom. The van der Waals surface area contributed by atoms with Crippen LogP contribution in [0.15, 0.2) is 115 Å². The molecule has 0 bridgehead atoms. The van der Waals surface area contributed by atoms with Crippen molar-refractivity contribution in [3.8, 4) is 0 Å². The van der Waals surface area contributed by atoms with Gasteiger partial charge in [-0.15, -0.1) is 0 Å². The summed E-state index contributed by atoms with van der Waals surface area (Å²) >= 11 is 0. The predicted octanol–water partition coefficient (Wildman–Crippen LogP) is 3.78. The number of amides is 1. The molecule has 1 amide bonds. The number of carboxylic acid groups (broad SMARTS) is 1. The van der Waals surface area contributed by atoms with Gasteiger partial charge in [0.05, 0.1) is 49.7 Å². The highest BCUT2D eigenvalue weighted by Crippen LogP contribution is 2.46. The van der Waals surface area contributed by atoms with E-state index in [-0.39, 0.29) is 31.4 Å². The molecule has 0 saturated carbocycles. The van der Waals surface area contributed by atoms with Crippen LogP contribution in [0.3, 0.4) is 0 Å². The van der Waals surface area contributed by atoms with Gasteiger partial charge in [-0.25, -0.2) is 4.79 Å². The van der Waals surface area contributed by atoms with Crippen molar-refractivity contribution in [3.05, 3.63) is 120 Å². The van der Waals surface area contributed by atoms with E-state index in [1.807, 2.05) is 26.8 Å². The number of esters is 1. The van der Waals surface area contributed by atoms with Gasteiger partial charge in [0, 0.05) is 43.9 Å². The van der Waals surface area contributed by atoms with Crippen molar-refractivity contribution >= 4 is 17.8 Å². The number of benzene rings is 1. The van der Waals surface area contributed by atoms with Crippen LogP contribution in [-0.4, -0.2) is 142 Å². The maximum Gasteiger partial charge on any atom is 0.328 e. The maximum atomic E-state index is 14.4. The zero-order valence-corrected chi connectivity index (χ0v) is 38.8. The van der Waals surface area contributed by atoms with Gasteiger partial charge in [-0.3, -0.25) is 9.59 Å². The fourth-order valence-electron chi connectivity index (χ4n) is 8.21. The third-order valence-electron chi connectivity index (χ3n) is 12.2. The summed E-state index contributed by atoms with van der Waals surface area (Å²) in [6, 6.07) is 8.77. The second kappa shape index (κ2) is 25.5. The molecule has 66 heavy (non-hydrogen) atoms. The summed E-state index contributed by atoms with van der Waals surface area (Å²) in [5.74, 6) is -7.14. The van der Waals surface area contributed by atoms with Gasteiger partial charge < -0.3 is 64.4 Å². The molecule has 1 aromatic rings. The third kappa shape index (κ3) is 14.7. The molecule has 0 unspecified atom stereocenters. The summed E-state index contributed by atoms with van der Waals surface area (Å²) in [7, 11) is 1.58. The summed E-state index contributed by atoms with van der Waals surface area (Å²) in [6.07, 6.45) is 10.3. The minimum absolute atomic E-state index is 0.0477. The maximum absolute atomic E-state index is 14.4. The highest BCUT2D eigenvalue weighted by atomic mass is 16.7. The molecular formula is C50H69NO15. The van der Waals surface area contributed by atoms with E-state index >= 15 is 0 Å². The minimum atomic E-state index is -2.68. The van der Waals surface area contributed by atoms with Gasteiger partial charge in [-0.05, 0) is 31.9 Å². The summed E-state index contributed by atoms with van der Waals surface area (Å²) < 4.78 is 36.1. The van der Waals surface area contributed by atoms with Crippen LogP contribution in [-0.2, 0) is 49.2 Å². The standard InChI is InChI=1S/C50H69NO15/c1-8-9-13-24-40-49(5,6)46(58)47(65-42(56)27-34-21-14-12-15-22-34)50(60,66-40)35(30-62-43-29-37(53)44(57)33(4)63-43)48(59)51-26-19-18-20-31(2)45(61-7)32(3)39-28-36(52)38(64-39)23-16-10-11-17-25-41(54)55/h8-25,32-33,35-40,43-47,52-53,57-58,60H,26-30H2,1-7H3,(H,51,59)(H,54,55)/t32-,33-,35+,36+,37-,38-,39+,40-,43+,44+,45+,46-,47+,50+/m0/s1. The minimum Gasteiger partial charge on any atom is -0.478 e. The Kier molecular flexibility index (Phi) is 20.9. The number of carboxylic acids is 1. The molecule has 1 aromatic carbocycles. The fourth-order valence-corrected chi connectivity index (χ4v) is 8.21. The molecule has 16 heteroatoms. The number of aliphatic hydroxyl groups excluding tert-OH is 4. The van der Waals surface area contributed by atoms with Crippen molar-refractivity contribution in [1.82, 2.24) is 5.32 Å². The number of carbonyl (C=O) groups excluding carboxylic acids is 2. The lowest BCUT2D eigenvalue weighted by molar-refractivity contribution is -0.366. The zero-order chi connectivity index (χ0) is 48.6. The van der Waals surface area contributed by atoms with Crippen LogP contribution in [0.5, 0.6) is 0 Å². The Bertz CT molecular complexity index is 1930. The van der Waals surface area contributed by atoms with Crippen LogP contribution in [0.2, 0.25) is 0 Å². The molecule has 7 N–H and O–H groups in total. The molecule has 3 fully saturated rings. The van der Waals surface area contributed by atoms with Crippen molar-refractivity contribution in [3.63, 3.8) is 0 Å². The number of aliphatic carboxylic acids is 1. The van der Waals surface area contributed by atoms with Crippen molar-refractivity contribution in [2.75, 3.05) is 20.3 Å². The van der Waals surface area contributed by atoms with Crippen molar-refractivity contribution in [2.24, 2.45) is 17.3 Å². The van der Waals surface area contributed by atoms with E-state index in [1.54, 1.807) is 119 Å². The number of hydrogen-bond acceptors (Lipinski definition) is 14. The van der Waals surface area contributed by atoms with Crippen molar-refractivity contribution in [2.45, 2.75) is 134 Å². The van der Waals surface area contributed by atoms with E-state index in [2.05, 4.69) is 5.32 Å². The third-order valence-corrected chi connectivity index (χ3v) is 12.2. The molecule has 3 aliphatic rings. The van der Waals surface area contributed by atoms with E-state index in [0.717, 1.165) is 11.6 Å². The van der Waals surface area contributed by atoms with Crippen molar-refractivity contribution < 1.29 is 73.4 Å². The molecule has 14 atom stereocenters. The summed E-state index contributed by atoms with van der Waals surface area (Å²) in [5.41, 5.74) is 0.299. The smallest absolute Gasteiger partial charge is 0.328 e. The first-order valence-electron chi connectivity index (χ1n) is 22.3.